The highest BCUT2D eigenvalue weighted by atomic mass is 16.5. The molecule has 0 unspecified atom stereocenters. The largest absolute Gasteiger partial charge is 0.494 e. The van der Waals surface area contributed by atoms with Gasteiger partial charge in [0.05, 0.1) is 6.61 Å². The van der Waals surface area contributed by atoms with Gasteiger partial charge >= 0.3 is 0 Å². The van der Waals surface area contributed by atoms with Crippen molar-refractivity contribution in [2.24, 2.45) is 0 Å². The van der Waals surface area contributed by atoms with Crippen molar-refractivity contribution < 1.29 is 14.3 Å². The summed E-state index contributed by atoms with van der Waals surface area (Å²) in [5.41, 5.74) is 3.36. The first-order valence-corrected chi connectivity index (χ1v) is 13.4. The monoisotopic (exact) mass is 489 g/mol. The van der Waals surface area contributed by atoms with Gasteiger partial charge in [-0.1, -0.05) is 50.1 Å². The fraction of sp³-hybridized carbons (Fsp3) is 0.467. The van der Waals surface area contributed by atoms with Crippen molar-refractivity contribution in [2.45, 2.75) is 71.4 Å². The maximum atomic E-state index is 13.6. The van der Waals surface area contributed by atoms with Gasteiger partial charge in [0.2, 0.25) is 11.8 Å². The fourth-order valence-electron chi connectivity index (χ4n) is 4.69. The third kappa shape index (κ3) is 6.90. The molecule has 1 heterocycles. The number of nitrogens with zero attached hydrogens (tertiary/aromatic N) is 2. The third-order valence-corrected chi connectivity index (χ3v) is 6.89. The molecule has 0 radical (unpaired) electrons. The normalized spacial score (nSPS) is 13.1. The van der Waals surface area contributed by atoms with E-state index in [1.54, 1.807) is 0 Å². The number of nitrogens with one attached hydrogen (secondary N) is 1. The van der Waals surface area contributed by atoms with Gasteiger partial charge in [0.1, 0.15) is 12.3 Å². The number of fused-ring (bicyclic) bond motifs is 1. The van der Waals surface area contributed by atoms with Crippen LogP contribution in [0.5, 0.6) is 5.75 Å². The van der Waals surface area contributed by atoms with Crippen molar-refractivity contribution in [1.29, 1.82) is 0 Å². The molecule has 1 aliphatic carbocycles. The van der Waals surface area contributed by atoms with Gasteiger partial charge in [-0.05, 0) is 61.9 Å². The Bertz CT molecular complexity index is 1130. The van der Waals surface area contributed by atoms with Crippen LogP contribution in [0.25, 0.3) is 10.9 Å². The predicted octanol–water partition coefficient (Wildman–Crippen LogP) is 5.71. The lowest BCUT2D eigenvalue weighted by Gasteiger charge is -2.28. The lowest BCUT2D eigenvalue weighted by molar-refractivity contribution is -0.141. The third-order valence-electron chi connectivity index (χ3n) is 6.89. The minimum atomic E-state index is 0.0134. The van der Waals surface area contributed by atoms with E-state index in [2.05, 4.69) is 24.0 Å². The van der Waals surface area contributed by atoms with Gasteiger partial charge in [-0.3, -0.25) is 9.59 Å². The molecule has 0 spiro atoms. The number of amides is 2. The number of hydrogen-bond acceptors (Lipinski definition) is 3. The summed E-state index contributed by atoms with van der Waals surface area (Å²) in [7, 11) is 0. The van der Waals surface area contributed by atoms with Crippen LogP contribution in [0.15, 0.2) is 54.7 Å². The molecular formula is C30H39N3O3. The zero-order chi connectivity index (χ0) is 25.3. The Morgan fingerprint density at radius 2 is 1.78 bits per heavy atom. The molecule has 1 fully saturated rings. The van der Waals surface area contributed by atoms with Crippen LogP contribution in [-0.2, 0) is 22.6 Å². The fourth-order valence-corrected chi connectivity index (χ4v) is 4.69. The number of benzene rings is 2. The molecule has 1 saturated carbocycles. The summed E-state index contributed by atoms with van der Waals surface area (Å²) < 4.78 is 5.57. The van der Waals surface area contributed by atoms with E-state index in [4.69, 9.17) is 4.74 Å². The van der Waals surface area contributed by atoms with Crippen molar-refractivity contribution in [3.63, 3.8) is 0 Å². The number of aromatic amines is 1. The van der Waals surface area contributed by atoms with Crippen molar-refractivity contribution in [3.05, 3.63) is 65.9 Å². The maximum Gasteiger partial charge on any atom is 0.242 e. The van der Waals surface area contributed by atoms with E-state index in [-0.39, 0.29) is 24.4 Å². The van der Waals surface area contributed by atoms with Crippen LogP contribution in [0.3, 0.4) is 0 Å². The highest BCUT2D eigenvalue weighted by Crippen LogP contribution is 2.28. The van der Waals surface area contributed by atoms with E-state index >= 15 is 0 Å². The van der Waals surface area contributed by atoms with Crippen molar-refractivity contribution in [3.8, 4) is 5.75 Å². The molecule has 0 atom stereocenters. The summed E-state index contributed by atoms with van der Waals surface area (Å²) in [6.45, 7) is 6.00. The topological polar surface area (TPSA) is 65.6 Å². The van der Waals surface area contributed by atoms with Crippen LogP contribution in [-0.4, -0.2) is 52.3 Å². The number of unbranched alkanes of at least 4 members (excludes halogenated alkanes) is 2. The highest BCUT2D eigenvalue weighted by molar-refractivity contribution is 5.86. The summed E-state index contributed by atoms with van der Waals surface area (Å²) in [5.74, 6) is 0.965. The van der Waals surface area contributed by atoms with Gasteiger partial charge in [-0.2, -0.15) is 0 Å². The van der Waals surface area contributed by atoms with Crippen LogP contribution < -0.4 is 4.74 Å². The van der Waals surface area contributed by atoms with E-state index in [0.29, 0.717) is 26.1 Å². The molecule has 2 aromatic carbocycles. The first kappa shape index (κ1) is 25.8. The molecule has 6 nitrogen and oxygen atoms in total. The number of aromatic nitrogens is 1. The van der Waals surface area contributed by atoms with E-state index in [1.807, 2.05) is 59.3 Å². The second kappa shape index (κ2) is 12.6. The zero-order valence-corrected chi connectivity index (χ0v) is 21.7. The number of carbonyl (C=O) groups excluding carboxylic acids is 2. The Labute approximate surface area is 214 Å². The lowest BCUT2D eigenvalue weighted by Crippen LogP contribution is -2.44. The van der Waals surface area contributed by atoms with Crippen LogP contribution >= 0.6 is 0 Å². The second-order valence-electron chi connectivity index (χ2n) is 9.71. The summed E-state index contributed by atoms with van der Waals surface area (Å²) in [6.07, 6.45) is 8.35. The Morgan fingerprint density at radius 3 is 2.50 bits per heavy atom. The number of H-pyrrole nitrogens is 1. The molecular weight excluding hydrogens is 450 g/mol. The average molecular weight is 490 g/mol. The predicted molar refractivity (Wildman–Crippen MR) is 144 cm³/mol. The first-order valence-electron chi connectivity index (χ1n) is 13.4. The molecule has 6 heteroatoms. The number of para-hydroxylation sites is 1. The molecule has 0 aliphatic heterocycles. The molecule has 1 aromatic heterocycles. The van der Waals surface area contributed by atoms with Crippen LogP contribution in [0, 0.1) is 0 Å². The van der Waals surface area contributed by atoms with Crippen molar-refractivity contribution in [2.75, 3.05) is 19.7 Å². The van der Waals surface area contributed by atoms with E-state index in [9.17, 15) is 9.59 Å². The van der Waals surface area contributed by atoms with E-state index < -0.39 is 0 Å². The molecule has 0 saturated heterocycles. The smallest absolute Gasteiger partial charge is 0.242 e. The maximum absolute atomic E-state index is 13.6. The zero-order valence-electron chi connectivity index (χ0n) is 21.7. The summed E-state index contributed by atoms with van der Waals surface area (Å²) in [6, 6.07) is 16.4. The highest BCUT2D eigenvalue weighted by Gasteiger charge is 2.34. The summed E-state index contributed by atoms with van der Waals surface area (Å²) in [5, 5.41) is 1.19. The molecule has 36 heavy (non-hydrogen) atoms. The number of carbonyl (C=O) groups is 2. The molecule has 2 amide bonds. The van der Waals surface area contributed by atoms with Gasteiger partial charge in [0.25, 0.3) is 0 Å². The molecule has 3 aromatic rings. The average Bonchev–Trinajstić information content (AvgIpc) is 3.65. The SMILES string of the molecule is CCCCCC(=O)N(CC(=O)N(CCc1c[nH]c2ccccc12)Cc1ccc(OCC)cc1)C1CC1. The Balaban J connectivity index is 1.47. The molecule has 0 bridgehead atoms. The molecule has 1 N–H and O–H groups in total. The molecule has 192 valence electrons. The van der Waals surface area contributed by atoms with Crippen LogP contribution in [0.1, 0.15) is 63.5 Å². The lowest BCUT2D eigenvalue weighted by atomic mass is 10.1. The number of hydrogen-bond donors (Lipinski definition) is 1. The van der Waals surface area contributed by atoms with Crippen molar-refractivity contribution >= 4 is 22.7 Å². The standard InChI is InChI=1S/C30H39N3O3/c1-3-5-6-11-29(34)33(25-14-15-25)22-30(35)32(21-23-12-16-26(17-13-23)36-4-2)19-18-24-20-31-28-10-8-7-9-27(24)28/h7-10,12-13,16-17,20,25,31H,3-6,11,14-15,18-19,21-22H2,1-2H3. The van der Waals surface area contributed by atoms with Gasteiger partial charge in [-0.25, -0.2) is 0 Å². The Kier molecular flexibility index (Phi) is 9.04. The second-order valence-corrected chi connectivity index (χ2v) is 9.71. The van der Waals surface area contributed by atoms with Crippen LogP contribution in [0.2, 0.25) is 0 Å². The van der Waals surface area contributed by atoms with Gasteiger partial charge < -0.3 is 19.5 Å². The Hall–Kier alpha value is -3.28. The Morgan fingerprint density at radius 1 is 1.00 bits per heavy atom. The quantitative estimate of drug-likeness (QED) is 0.295. The summed E-state index contributed by atoms with van der Waals surface area (Å²) >= 11 is 0. The molecule has 4 rings (SSSR count). The van der Waals surface area contributed by atoms with E-state index in [0.717, 1.165) is 55.4 Å². The number of ether oxygens (including phenoxy) is 1. The van der Waals surface area contributed by atoms with Gasteiger partial charge in [0, 0.05) is 42.7 Å². The van der Waals surface area contributed by atoms with Gasteiger partial charge in [-0.15, -0.1) is 0 Å². The number of rotatable bonds is 14. The van der Waals surface area contributed by atoms with Crippen molar-refractivity contribution in [1.82, 2.24) is 14.8 Å². The first-order chi connectivity index (χ1) is 17.6. The summed E-state index contributed by atoms with van der Waals surface area (Å²) in [4.78, 5) is 33.6. The van der Waals surface area contributed by atoms with Gasteiger partial charge in [0.15, 0.2) is 0 Å². The minimum Gasteiger partial charge on any atom is -0.494 e. The molecule has 1 aliphatic rings. The van der Waals surface area contributed by atoms with E-state index in [1.165, 1.54) is 10.9 Å². The van der Waals surface area contributed by atoms with Crippen LogP contribution in [0.4, 0.5) is 0 Å². The minimum absolute atomic E-state index is 0.0134.